The van der Waals surface area contributed by atoms with Crippen molar-refractivity contribution in [3.8, 4) is 0 Å². The van der Waals surface area contributed by atoms with Crippen molar-refractivity contribution in [3.05, 3.63) is 0 Å². The average molecular weight is 168 g/mol. The minimum Gasteiger partial charge on any atom is -0.179 e. The van der Waals surface area contributed by atoms with Crippen LogP contribution >= 0.6 is 37.9 Å². The molecule has 0 heterocycles. The van der Waals surface area contributed by atoms with E-state index in [-0.39, 0.29) is 4.08 Å². The Hall–Kier alpha value is 1.05. The first kappa shape index (κ1) is 9.05. The van der Waals surface area contributed by atoms with Gasteiger partial charge in [0.15, 0.2) is 0 Å². The zero-order chi connectivity index (χ0) is 6.62. The van der Waals surface area contributed by atoms with Crippen molar-refractivity contribution in [2.45, 2.75) is 23.8 Å². The van der Waals surface area contributed by atoms with Gasteiger partial charge in [0.2, 0.25) is 0 Å². The molecule has 0 bridgehead atoms. The van der Waals surface area contributed by atoms with Crippen LogP contribution in [0, 0.1) is 0 Å². The normalized spacial score (nSPS) is 12.0. The SMILES string of the molecule is CCC(S)(S)CCS. The summed E-state index contributed by atoms with van der Waals surface area (Å²) in [4.78, 5) is 0. The number of thiol groups is 3. The highest BCUT2D eigenvalue weighted by atomic mass is 32.2. The number of hydrogen-bond acceptors (Lipinski definition) is 3. The molecule has 0 fully saturated rings. The van der Waals surface area contributed by atoms with Crippen LogP contribution in [0.1, 0.15) is 19.8 Å². The molecular weight excluding hydrogens is 156 g/mol. The topological polar surface area (TPSA) is 0 Å². The molecule has 0 aromatic carbocycles. The Kier molecular flexibility index (Phi) is 4.48. The van der Waals surface area contributed by atoms with Gasteiger partial charge in [0, 0.05) is 0 Å². The molecule has 3 heteroatoms. The standard InChI is InChI=1S/C5H12S3/c1-2-5(7,8)3-4-6/h6-8H,2-4H2,1H3. The van der Waals surface area contributed by atoms with E-state index in [0.717, 1.165) is 18.6 Å². The molecule has 0 aromatic rings. The summed E-state index contributed by atoms with van der Waals surface area (Å²) >= 11 is 12.6. The summed E-state index contributed by atoms with van der Waals surface area (Å²) in [5.74, 6) is 0.862. The van der Waals surface area contributed by atoms with Crippen LogP contribution in [0.3, 0.4) is 0 Å². The predicted octanol–water partition coefficient (Wildman–Crippen LogP) is 2.27. The maximum absolute atomic E-state index is 4.28. The van der Waals surface area contributed by atoms with Crippen LogP contribution < -0.4 is 0 Å². The lowest BCUT2D eigenvalue weighted by Crippen LogP contribution is -2.11. The van der Waals surface area contributed by atoms with Crippen molar-refractivity contribution in [2.24, 2.45) is 0 Å². The second-order valence-electron chi connectivity index (χ2n) is 1.81. The molecule has 8 heavy (non-hydrogen) atoms. The molecule has 0 atom stereocenters. The molecule has 0 nitrogen and oxygen atoms in total. The molecule has 0 aliphatic heterocycles. The van der Waals surface area contributed by atoms with Gasteiger partial charge in [0.1, 0.15) is 0 Å². The Labute approximate surface area is 67.7 Å². The molecule has 0 aliphatic rings. The average Bonchev–Trinajstić information content (AvgIpc) is 1.67. The van der Waals surface area contributed by atoms with Crippen molar-refractivity contribution in [3.63, 3.8) is 0 Å². The van der Waals surface area contributed by atoms with Crippen LogP contribution in [0.4, 0.5) is 0 Å². The van der Waals surface area contributed by atoms with Crippen LogP contribution in [0.15, 0.2) is 0 Å². The van der Waals surface area contributed by atoms with E-state index in [4.69, 9.17) is 0 Å². The van der Waals surface area contributed by atoms with E-state index in [1.165, 1.54) is 0 Å². The summed E-state index contributed by atoms with van der Waals surface area (Å²) in [5, 5.41) is 0. The van der Waals surface area contributed by atoms with Gasteiger partial charge in [-0.05, 0) is 18.6 Å². The molecule has 0 aliphatic carbocycles. The van der Waals surface area contributed by atoms with Gasteiger partial charge < -0.3 is 0 Å². The third-order valence-corrected chi connectivity index (χ3v) is 2.38. The quantitative estimate of drug-likeness (QED) is 0.418. The molecule has 0 aromatic heterocycles. The maximum Gasteiger partial charge on any atom is 0.0557 e. The van der Waals surface area contributed by atoms with E-state index >= 15 is 0 Å². The minimum atomic E-state index is -0.0955. The molecule has 0 saturated carbocycles. The monoisotopic (exact) mass is 168 g/mol. The first-order chi connectivity index (χ1) is 3.62. The van der Waals surface area contributed by atoms with Crippen LogP contribution in [-0.2, 0) is 0 Å². The van der Waals surface area contributed by atoms with Crippen LogP contribution in [0.5, 0.6) is 0 Å². The lowest BCUT2D eigenvalue weighted by molar-refractivity contribution is 0.758. The van der Waals surface area contributed by atoms with E-state index in [1.54, 1.807) is 0 Å². The highest BCUT2D eigenvalue weighted by Crippen LogP contribution is 2.27. The molecular formula is C5H12S3. The second-order valence-corrected chi connectivity index (χ2v) is 4.32. The maximum atomic E-state index is 4.28. The highest BCUT2D eigenvalue weighted by molar-refractivity contribution is 8.00. The summed E-state index contributed by atoms with van der Waals surface area (Å²) in [7, 11) is 0. The van der Waals surface area contributed by atoms with Crippen molar-refractivity contribution in [1.29, 1.82) is 0 Å². The molecule has 0 saturated heterocycles. The van der Waals surface area contributed by atoms with Gasteiger partial charge in [0.25, 0.3) is 0 Å². The third-order valence-electron chi connectivity index (χ3n) is 1.08. The number of hydrogen-bond donors (Lipinski definition) is 3. The molecule has 0 rings (SSSR count). The summed E-state index contributed by atoms with van der Waals surface area (Å²) in [6.07, 6.45) is 1.94. The molecule has 0 unspecified atom stereocenters. The van der Waals surface area contributed by atoms with Crippen LogP contribution in [0.2, 0.25) is 0 Å². The molecule has 0 N–H and O–H groups in total. The van der Waals surface area contributed by atoms with E-state index in [9.17, 15) is 0 Å². The van der Waals surface area contributed by atoms with Crippen molar-refractivity contribution in [2.75, 3.05) is 5.75 Å². The van der Waals surface area contributed by atoms with Gasteiger partial charge in [-0.25, -0.2) is 0 Å². The smallest absolute Gasteiger partial charge is 0.0557 e. The summed E-state index contributed by atoms with van der Waals surface area (Å²) in [5.41, 5.74) is 0. The van der Waals surface area contributed by atoms with Crippen molar-refractivity contribution < 1.29 is 0 Å². The van der Waals surface area contributed by atoms with E-state index < -0.39 is 0 Å². The molecule has 50 valence electrons. The van der Waals surface area contributed by atoms with Gasteiger partial charge >= 0.3 is 0 Å². The van der Waals surface area contributed by atoms with Gasteiger partial charge in [-0.2, -0.15) is 37.9 Å². The first-order valence-corrected chi connectivity index (χ1v) is 4.20. The van der Waals surface area contributed by atoms with Crippen LogP contribution in [0.25, 0.3) is 0 Å². The fourth-order valence-corrected chi connectivity index (χ4v) is 1.31. The second kappa shape index (κ2) is 3.96. The Morgan fingerprint density at radius 1 is 1.38 bits per heavy atom. The highest BCUT2D eigenvalue weighted by Gasteiger charge is 2.14. The van der Waals surface area contributed by atoms with Gasteiger partial charge in [-0.3, -0.25) is 0 Å². The Bertz CT molecular complexity index is 60.7. The zero-order valence-electron chi connectivity index (χ0n) is 4.96. The Balaban J connectivity index is 3.37. The summed E-state index contributed by atoms with van der Waals surface area (Å²) < 4.78 is -0.0955. The first-order valence-electron chi connectivity index (χ1n) is 2.68. The molecule has 0 spiro atoms. The van der Waals surface area contributed by atoms with Gasteiger partial charge in [-0.15, -0.1) is 0 Å². The Morgan fingerprint density at radius 3 is 2.00 bits per heavy atom. The number of rotatable bonds is 3. The zero-order valence-corrected chi connectivity index (χ0v) is 7.65. The Morgan fingerprint density at radius 2 is 1.88 bits per heavy atom. The minimum absolute atomic E-state index is 0.0955. The summed E-state index contributed by atoms with van der Waals surface area (Å²) in [6.45, 7) is 2.07. The predicted molar refractivity (Wildman–Crippen MR) is 49.5 cm³/mol. The molecule has 0 amide bonds. The fourth-order valence-electron chi connectivity index (χ4n) is 0.356. The third kappa shape index (κ3) is 3.98. The van der Waals surface area contributed by atoms with Gasteiger partial charge in [-0.1, -0.05) is 6.92 Å². The van der Waals surface area contributed by atoms with Crippen LogP contribution in [-0.4, -0.2) is 9.83 Å². The lowest BCUT2D eigenvalue weighted by atomic mass is 10.2. The summed E-state index contributed by atoms with van der Waals surface area (Å²) in [6, 6.07) is 0. The molecule has 0 radical (unpaired) electrons. The van der Waals surface area contributed by atoms with Crippen molar-refractivity contribution in [1.82, 2.24) is 0 Å². The lowest BCUT2D eigenvalue weighted by Gasteiger charge is -2.18. The van der Waals surface area contributed by atoms with Crippen molar-refractivity contribution >= 4 is 37.9 Å². The van der Waals surface area contributed by atoms with E-state index in [2.05, 4.69) is 44.8 Å². The van der Waals surface area contributed by atoms with Gasteiger partial charge in [0.05, 0.1) is 4.08 Å². The largest absolute Gasteiger partial charge is 0.179 e. The van der Waals surface area contributed by atoms with E-state index in [0.29, 0.717) is 0 Å². The fraction of sp³-hybridized carbons (Fsp3) is 1.00. The van der Waals surface area contributed by atoms with E-state index in [1.807, 2.05) is 0 Å².